The third-order valence-corrected chi connectivity index (χ3v) is 5.41. The van der Waals surface area contributed by atoms with Crippen LogP contribution in [-0.2, 0) is 4.74 Å². The molecule has 2 atom stereocenters. The van der Waals surface area contributed by atoms with Crippen LogP contribution in [0.3, 0.4) is 0 Å². The van der Waals surface area contributed by atoms with Crippen LogP contribution >= 0.6 is 0 Å². The lowest BCUT2D eigenvalue weighted by Gasteiger charge is -2.45. The lowest BCUT2D eigenvalue weighted by Crippen LogP contribution is -2.55. The van der Waals surface area contributed by atoms with E-state index in [9.17, 15) is 15.0 Å². The Labute approximate surface area is 153 Å². The summed E-state index contributed by atoms with van der Waals surface area (Å²) in [6.07, 6.45) is 4.53. The first-order chi connectivity index (χ1) is 12.6. The first-order valence-electron chi connectivity index (χ1n) is 9.32. The van der Waals surface area contributed by atoms with Crippen molar-refractivity contribution in [1.82, 2.24) is 14.9 Å². The number of amides is 1. The first-order valence-corrected chi connectivity index (χ1v) is 9.32. The molecule has 8 heteroatoms. The van der Waals surface area contributed by atoms with E-state index in [2.05, 4.69) is 9.97 Å². The van der Waals surface area contributed by atoms with Gasteiger partial charge in [0, 0.05) is 44.0 Å². The molecule has 2 aliphatic rings. The van der Waals surface area contributed by atoms with E-state index in [1.807, 2.05) is 11.8 Å². The summed E-state index contributed by atoms with van der Waals surface area (Å²) in [7, 11) is 0. The maximum absolute atomic E-state index is 12.9. The third-order valence-electron chi connectivity index (χ3n) is 5.41. The smallest absolute Gasteiger partial charge is 0.257 e. The fourth-order valence-electron chi connectivity index (χ4n) is 3.84. The van der Waals surface area contributed by atoms with Crippen molar-refractivity contribution in [1.29, 1.82) is 0 Å². The number of likely N-dealkylation sites (tertiary alicyclic amines) is 1. The zero-order chi connectivity index (χ0) is 18.6. The maximum atomic E-state index is 12.9. The topological polar surface area (TPSA) is 99.0 Å². The molecule has 1 aromatic rings. The Morgan fingerprint density at radius 1 is 1.31 bits per heavy atom. The van der Waals surface area contributed by atoms with Crippen LogP contribution in [0.1, 0.15) is 36.5 Å². The number of carbonyl (C=O) groups excluding carboxylic acids is 1. The summed E-state index contributed by atoms with van der Waals surface area (Å²) < 4.78 is 5.32. The normalized spacial score (nSPS) is 26.8. The average Bonchev–Trinajstić information content (AvgIpc) is 2.70. The van der Waals surface area contributed by atoms with Gasteiger partial charge in [-0.15, -0.1) is 0 Å². The van der Waals surface area contributed by atoms with Crippen molar-refractivity contribution in [2.24, 2.45) is 5.41 Å². The van der Waals surface area contributed by atoms with E-state index in [0.717, 1.165) is 19.5 Å². The molecule has 2 saturated heterocycles. The molecule has 0 bridgehead atoms. The van der Waals surface area contributed by atoms with Gasteiger partial charge in [-0.3, -0.25) is 4.79 Å². The number of ether oxygens (including phenoxy) is 1. The summed E-state index contributed by atoms with van der Waals surface area (Å²) in [6.45, 7) is 5.50. The second kappa shape index (κ2) is 8.28. The van der Waals surface area contributed by atoms with E-state index in [1.165, 1.54) is 0 Å². The molecule has 2 fully saturated rings. The number of rotatable bonds is 5. The van der Waals surface area contributed by atoms with E-state index in [1.54, 1.807) is 17.3 Å². The highest BCUT2D eigenvalue weighted by Crippen LogP contribution is 2.35. The number of aromatic nitrogens is 2. The fourth-order valence-corrected chi connectivity index (χ4v) is 3.84. The number of aliphatic hydroxyl groups is 2. The van der Waals surface area contributed by atoms with Gasteiger partial charge in [-0.1, -0.05) is 13.3 Å². The summed E-state index contributed by atoms with van der Waals surface area (Å²) in [5, 5.41) is 20.2. The van der Waals surface area contributed by atoms with Gasteiger partial charge in [-0.05, 0) is 12.8 Å². The number of carbonyl (C=O) groups is 1. The number of piperidine rings is 1. The van der Waals surface area contributed by atoms with Crippen molar-refractivity contribution >= 4 is 11.9 Å². The van der Waals surface area contributed by atoms with Crippen molar-refractivity contribution < 1.29 is 19.7 Å². The number of aliphatic hydroxyl groups excluding tert-OH is 2. The van der Waals surface area contributed by atoms with Gasteiger partial charge in [0.15, 0.2) is 0 Å². The molecule has 0 saturated carbocycles. The molecule has 3 rings (SSSR count). The summed E-state index contributed by atoms with van der Waals surface area (Å²) in [4.78, 5) is 25.3. The average molecular weight is 364 g/mol. The summed E-state index contributed by atoms with van der Waals surface area (Å²) in [6, 6.07) is 0. The van der Waals surface area contributed by atoms with Crippen LogP contribution in [0, 0.1) is 5.41 Å². The largest absolute Gasteiger partial charge is 0.396 e. The molecule has 0 aliphatic carbocycles. The number of hydrogen-bond donors (Lipinski definition) is 2. The van der Waals surface area contributed by atoms with E-state index >= 15 is 0 Å². The van der Waals surface area contributed by atoms with Gasteiger partial charge < -0.3 is 24.7 Å². The Hall–Kier alpha value is -1.77. The molecular weight excluding hydrogens is 336 g/mol. The summed E-state index contributed by atoms with van der Waals surface area (Å²) in [5.74, 6) is 0.453. The highest BCUT2D eigenvalue weighted by molar-refractivity contribution is 5.93. The Balaban J connectivity index is 1.70. The minimum absolute atomic E-state index is 0.127. The molecule has 144 valence electrons. The van der Waals surface area contributed by atoms with Crippen LogP contribution in [0.5, 0.6) is 0 Å². The van der Waals surface area contributed by atoms with Crippen molar-refractivity contribution in [3.63, 3.8) is 0 Å². The molecule has 0 unspecified atom stereocenters. The van der Waals surface area contributed by atoms with E-state index < -0.39 is 11.5 Å². The van der Waals surface area contributed by atoms with E-state index in [4.69, 9.17) is 4.74 Å². The molecule has 8 nitrogen and oxygen atoms in total. The first kappa shape index (κ1) is 19.0. The van der Waals surface area contributed by atoms with Gasteiger partial charge in [0.1, 0.15) is 0 Å². The molecule has 1 amide bonds. The van der Waals surface area contributed by atoms with Crippen LogP contribution in [0.2, 0.25) is 0 Å². The van der Waals surface area contributed by atoms with Crippen LogP contribution in [0.15, 0.2) is 12.4 Å². The molecule has 2 N–H and O–H groups in total. The summed E-state index contributed by atoms with van der Waals surface area (Å²) in [5.41, 5.74) is -0.209. The minimum atomic E-state index is -0.642. The second-order valence-electron chi connectivity index (χ2n) is 7.17. The van der Waals surface area contributed by atoms with E-state index in [0.29, 0.717) is 50.7 Å². The molecule has 2 aliphatic heterocycles. The van der Waals surface area contributed by atoms with Gasteiger partial charge in [0.05, 0.1) is 31.5 Å². The Morgan fingerprint density at radius 2 is 2.00 bits per heavy atom. The van der Waals surface area contributed by atoms with Crippen LogP contribution in [0.4, 0.5) is 5.95 Å². The molecule has 0 aromatic carbocycles. The zero-order valence-electron chi connectivity index (χ0n) is 15.3. The molecule has 0 spiro atoms. The van der Waals surface area contributed by atoms with Crippen molar-refractivity contribution in [2.45, 2.75) is 32.3 Å². The number of morpholine rings is 1. The maximum Gasteiger partial charge on any atom is 0.257 e. The highest BCUT2D eigenvalue weighted by atomic mass is 16.5. The predicted octanol–water partition coefficient (Wildman–Crippen LogP) is 0.299. The van der Waals surface area contributed by atoms with Gasteiger partial charge >= 0.3 is 0 Å². The number of anilines is 1. The molecule has 1 aromatic heterocycles. The van der Waals surface area contributed by atoms with Gasteiger partial charge in [0.25, 0.3) is 5.91 Å². The lowest BCUT2D eigenvalue weighted by atomic mass is 9.74. The fraction of sp³-hybridized carbons (Fsp3) is 0.722. The summed E-state index contributed by atoms with van der Waals surface area (Å²) >= 11 is 0. The van der Waals surface area contributed by atoms with Crippen molar-refractivity contribution in [3.05, 3.63) is 18.0 Å². The number of hydrogen-bond acceptors (Lipinski definition) is 7. The Kier molecular flexibility index (Phi) is 6.05. The van der Waals surface area contributed by atoms with Gasteiger partial charge in [-0.2, -0.15) is 0 Å². The van der Waals surface area contributed by atoms with Crippen molar-refractivity contribution in [3.8, 4) is 0 Å². The lowest BCUT2D eigenvalue weighted by molar-refractivity contribution is -0.0720. The Morgan fingerprint density at radius 3 is 2.62 bits per heavy atom. The zero-order valence-corrected chi connectivity index (χ0v) is 15.3. The monoisotopic (exact) mass is 364 g/mol. The molecular formula is C18H28N4O4. The Bertz CT molecular complexity index is 606. The minimum Gasteiger partial charge on any atom is -0.396 e. The second-order valence-corrected chi connectivity index (χ2v) is 7.17. The van der Waals surface area contributed by atoms with Crippen molar-refractivity contribution in [2.75, 3.05) is 50.9 Å². The SMILES string of the molecule is CCC[C@@]1(CO)CN(C(=O)c2cnc(N3CCOCC3)nc2)CC[C@@H]1O. The van der Waals surface area contributed by atoms with Gasteiger partial charge in [0.2, 0.25) is 5.95 Å². The third kappa shape index (κ3) is 3.82. The molecule has 0 radical (unpaired) electrons. The predicted molar refractivity (Wildman–Crippen MR) is 96.0 cm³/mol. The quantitative estimate of drug-likeness (QED) is 0.775. The molecule has 26 heavy (non-hydrogen) atoms. The van der Waals surface area contributed by atoms with Crippen LogP contribution in [-0.4, -0.2) is 83.1 Å². The van der Waals surface area contributed by atoms with Gasteiger partial charge in [-0.25, -0.2) is 9.97 Å². The standard InChI is InChI=1S/C18H28N4O4/c1-2-4-18(13-23)12-22(5-3-15(18)24)16(25)14-10-19-17(20-11-14)21-6-8-26-9-7-21/h10-11,15,23-24H,2-9,12-13H2,1H3/t15-,18-/m0/s1. The van der Waals surface area contributed by atoms with Crippen LogP contribution < -0.4 is 4.90 Å². The molecule has 3 heterocycles. The van der Waals surface area contributed by atoms with E-state index in [-0.39, 0.29) is 12.5 Å². The number of nitrogens with zero attached hydrogens (tertiary/aromatic N) is 4. The van der Waals surface area contributed by atoms with Crippen LogP contribution in [0.25, 0.3) is 0 Å². The highest BCUT2D eigenvalue weighted by Gasteiger charge is 2.43.